The first-order chi connectivity index (χ1) is 14.5. The molecule has 7 nitrogen and oxygen atoms in total. The summed E-state index contributed by atoms with van der Waals surface area (Å²) in [5.41, 5.74) is 1.64. The molecule has 1 saturated heterocycles. The minimum absolute atomic E-state index is 0.0548. The highest BCUT2D eigenvalue weighted by Crippen LogP contribution is 2.35. The van der Waals surface area contributed by atoms with E-state index in [1.54, 1.807) is 30.2 Å². The number of halogens is 1. The molecule has 0 aliphatic carbocycles. The average molecular weight is 408 g/mol. The Hall–Kier alpha value is -3.68. The second-order valence-electron chi connectivity index (χ2n) is 7.08. The molecule has 4 rings (SSSR count). The number of methoxy groups -OCH3 is 1. The van der Waals surface area contributed by atoms with Crippen LogP contribution in [0.15, 0.2) is 59.4 Å². The largest absolute Gasteiger partial charge is 0.495 e. The summed E-state index contributed by atoms with van der Waals surface area (Å²) in [4.78, 5) is 33.6. The normalized spacial score (nSPS) is 16.0. The predicted molar refractivity (Wildman–Crippen MR) is 111 cm³/mol. The first-order valence-corrected chi connectivity index (χ1v) is 9.56. The van der Waals surface area contributed by atoms with Crippen molar-refractivity contribution in [1.82, 2.24) is 9.97 Å². The van der Waals surface area contributed by atoms with Gasteiger partial charge < -0.3 is 15.0 Å². The van der Waals surface area contributed by atoms with E-state index in [0.717, 1.165) is 5.56 Å². The quantitative estimate of drug-likeness (QED) is 0.655. The number of para-hydroxylation sites is 2. The lowest BCUT2D eigenvalue weighted by Gasteiger charge is -2.19. The molecular formula is C22H21FN4O3. The molecule has 1 atom stereocenters. The number of H-pyrrole nitrogens is 1. The molecule has 154 valence electrons. The van der Waals surface area contributed by atoms with Crippen LogP contribution in [0.5, 0.6) is 5.75 Å². The summed E-state index contributed by atoms with van der Waals surface area (Å²) in [5.74, 6) is 0.290. The maximum absolute atomic E-state index is 13.3. The third kappa shape index (κ3) is 4.17. The van der Waals surface area contributed by atoms with Crippen LogP contribution in [0.25, 0.3) is 0 Å². The molecule has 0 bridgehead atoms. The van der Waals surface area contributed by atoms with Gasteiger partial charge in [0.1, 0.15) is 11.6 Å². The molecule has 0 radical (unpaired) electrons. The van der Waals surface area contributed by atoms with Crippen LogP contribution in [-0.4, -0.2) is 29.5 Å². The fourth-order valence-electron chi connectivity index (χ4n) is 3.59. The van der Waals surface area contributed by atoms with Crippen molar-refractivity contribution < 1.29 is 13.9 Å². The van der Waals surface area contributed by atoms with E-state index in [1.165, 1.54) is 18.2 Å². The molecule has 2 heterocycles. The van der Waals surface area contributed by atoms with Gasteiger partial charge in [0, 0.05) is 31.5 Å². The lowest BCUT2D eigenvalue weighted by Crippen LogP contribution is -2.25. The van der Waals surface area contributed by atoms with E-state index in [4.69, 9.17) is 4.74 Å². The smallest absolute Gasteiger partial charge is 0.252 e. The number of ether oxygens (including phenoxy) is 1. The van der Waals surface area contributed by atoms with Gasteiger partial charge in [0.2, 0.25) is 11.9 Å². The highest BCUT2D eigenvalue weighted by molar-refractivity contribution is 5.97. The van der Waals surface area contributed by atoms with E-state index >= 15 is 0 Å². The van der Waals surface area contributed by atoms with E-state index in [9.17, 15) is 14.0 Å². The lowest BCUT2D eigenvalue weighted by molar-refractivity contribution is -0.117. The zero-order valence-corrected chi connectivity index (χ0v) is 16.4. The van der Waals surface area contributed by atoms with Crippen LogP contribution < -0.4 is 20.5 Å². The van der Waals surface area contributed by atoms with Crippen molar-refractivity contribution in [3.8, 4) is 5.75 Å². The SMILES string of the molecule is COc1ccccc1N1C[C@@H](c2cc(=O)[nH]c(NCc3cccc(F)c3)n2)CC1=O. The number of amides is 1. The zero-order valence-electron chi connectivity index (χ0n) is 16.4. The molecule has 1 amide bonds. The van der Waals surface area contributed by atoms with Gasteiger partial charge in [-0.15, -0.1) is 0 Å². The van der Waals surface area contributed by atoms with Gasteiger partial charge in [-0.1, -0.05) is 24.3 Å². The van der Waals surface area contributed by atoms with E-state index in [-0.39, 0.29) is 35.6 Å². The molecule has 1 fully saturated rings. The van der Waals surface area contributed by atoms with Crippen LogP contribution in [0.2, 0.25) is 0 Å². The van der Waals surface area contributed by atoms with Crippen LogP contribution >= 0.6 is 0 Å². The fourth-order valence-corrected chi connectivity index (χ4v) is 3.59. The van der Waals surface area contributed by atoms with Crippen LogP contribution in [0.3, 0.4) is 0 Å². The molecule has 1 aliphatic heterocycles. The van der Waals surface area contributed by atoms with Crippen molar-refractivity contribution in [1.29, 1.82) is 0 Å². The number of anilines is 2. The Morgan fingerprint density at radius 2 is 2.03 bits per heavy atom. The number of rotatable bonds is 6. The molecule has 3 aromatic rings. The van der Waals surface area contributed by atoms with Gasteiger partial charge in [0.25, 0.3) is 5.56 Å². The fraction of sp³-hybridized carbons (Fsp3) is 0.227. The first-order valence-electron chi connectivity index (χ1n) is 9.56. The Morgan fingerprint density at radius 1 is 1.20 bits per heavy atom. The molecule has 30 heavy (non-hydrogen) atoms. The summed E-state index contributed by atoms with van der Waals surface area (Å²) in [6, 6.07) is 14.9. The second-order valence-corrected chi connectivity index (χ2v) is 7.08. The maximum atomic E-state index is 13.3. The molecule has 1 aliphatic rings. The Bertz CT molecular complexity index is 1130. The molecular weight excluding hydrogens is 387 g/mol. The zero-order chi connectivity index (χ0) is 21.1. The summed E-state index contributed by atoms with van der Waals surface area (Å²) in [7, 11) is 1.56. The molecule has 2 N–H and O–H groups in total. The monoisotopic (exact) mass is 408 g/mol. The molecule has 2 aromatic carbocycles. The molecule has 8 heteroatoms. The standard InChI is InChI=1S/C22H21FN4O3/c1-30-19-8-3-2-7-18(19)27-13-15(10-21(27)29)17-11-20(28)26-22(25-17)24-12-14-5-4-6-16(23)9-14/h2-9,11,15H,10,12-13H2,1H3,(H2,24,25,26,28)/t15-/m0/s1. The van der Waals surface area contributed by atoms with Crippen LogP contribution in [0.4, 0.5) is 16.0 Å². The van der Waals surface area contributed by atoms with Crippen molar-refractivity contribution in [3.05, 3.63) is 82.0 Å². The van der Waals surface area contributed by atoms with Crippen LogP contribution in [-0.2, 0) is 11.3 Å². The number of hydrogen-bond donors (Lipinski definition) is 2. The average Bonchev–Trinajstić information content (AvgIpc) is 3.13. The minimum Gasteiger partial charge on any atom is -0.495 e. The topological polar surface area (TPSA) is 87.3 Å². The van der Waals surface area contributed by atoms with Gasteiger partial charge in [-0.2, -0.15) is 0 Å². The highest BCUT2D eigenvalue weighted by Gasteiger charge is 2.34. The number of aromatic amines is 1. The minimum atomic E-state index is -0.328. The second kappa shape index (κ2) is 8.36. The van der Waals surface area contributed by atoms with E-state index < -0.39 is 0 Å². The summed E-state index contributed by atoms with van der Waals surface area (Å²) in [5, 5.41) is 3.01. The Kier molecular flexibility index (Phi) is 5.47. The summed E-state index contributed by atoms with van der Waals surface area (Å²) < 4.78 is 18.7. The van der Waals surface area contributed by atoms with Crippen molar-refractivity contribution in [2.75, 3.05) is 23.9 Å². The van der Waals surface area contributed by atoms with Gasteiger partial charge in [-0.25, -0.2) is 9.37 Å². The first kappa shape index (κ1) is 19.6. The number of aromatic nitrogens is 2. The third-order valence-corrected chi connectivity index (χ3v) is 5.03. The highest BCUT2D eigenvalue weighted by atomic mass is 19.1. The molecule has 0 saturated carbocycles. The summed E-state index contributed by atoms with van der Waals surface area (Å²) >= 11 is 0. The van der Waals surface area contributed by atoms with Crippen molar-refractivity contribution >= 4 is 17.5 Å². The number of benzene rings is 2. The lowest BCUT2D eigenvalue weighted by atomic mass is 10.0. The van der Waals surface area contributed by atoms with Gasteiger partial charge >= 0.3 is 0 Å². The molecule has 0 spiro atoms. The van der Waals surface area contributed by atoms with Crippen LogP contribution in [0, 0.1) is 5.82 Å². The van der Waals surface area contributed by atoms with Gasteiger partial charge in [-0.3, -0.25) is 14.6 Å². The Balaban J connectivity index is 1.53. The third-order valence-electron chi connectivity index (χ3n) is 5.03. The predicted octanol–water partition coefficient (Wildman–Crippen LogP) is 3.05. The Morgan fingerprint density at radius 3 is 2.83 bits per heavy atom. The van der Waals surface area contributed by atoms with Crippen molar-refractivity contribution in [3.63, 3.8) is 0 Å². The number of carbonyl (C=O) groups excluding carboxylic acids is 1. The Labute approximate surface area is 172 Å². The van der Waals surface area contributed by atoms with Crippen molar-refractivity contribution in [2.24, 2.45) is 0 Å². The van der Waals surface area contributed by atoms with Crippen LogP contribution in [0.1, 0.15) is 23.6 Å². The van der Waals surface area contributed by atoms with Gasteiger partial charge in [-0.05, 0) is 29.8 Å². The number of nitrogens with one attached hydrogen (secondary N) is 2. The van der Waals surface area contributed by atoms with E-state index in [0.29, 0.717) is 30.2 Å². The number of nitrogens with zero attached hydrogens (tertiary/aromatic N) is 2. The van der Waals surface area contributed by atoms with Gasteiger partial charge in [0.05, 0.1) is 18.5 Å². The maximum Gasteiger partial charge on any atom is 0.252 e. The summed E-state index contributed by atoms with van der Waals surface area (Å²) in [6.07, 6.45) is 0.248. The number of hydrogen-bond acceptors (Lipinski definition) is 5. The van der Waals surface area contributed by atoms with Gasteiger partial charge in [0.15, 0.2) is 0 Å². The molecule has 1 aromatic heterocycles. The summed E-state index contributed by atoms with van der Waals surface area (Å²) in [6.45, 7) is 0.708. The van der Waals surface area contributed by atoms with E-state index in [2.05, 4.69) is 15.3 Å². The number of carbonyl (C=O) groups is 1. The molecule has 0 unspecified atom stereocenters. The van der Waals surface area contributed by atoms with Crippen molar-refractivity contribution in [2.45, 2.75) is 18.9 Å². The van der Waals surface area contributed by atoms with E-state index in [1.807, 2.05) is 18.2 Å².